The highest BCUT2D eigenvalue weighted by Gasteiger charge is 2.40. The summed E-state index contributed by atoms with van der Waals surface area (Å²) < 4.78 is 21.6. The monoisotopic (exact) mass is 619 g/mol. The maximum atomic E-state index is 13.8. The largest absolute Gasteiger partial charge is 0.543 e. The van der Waals surface area contributed by atoms with Gasteiger partial charge >= 0.3 is 6.09 Å². The molecule has 236 valence electrons. The van der Waals surface area contributed by atoms with E-state index >= 15 is 0 Å². The average molecular weight is 620 g/mol. The van der Waals surface area contributed by atoms with Crippen molar-refractivity contribution in [1.29, 1.82) is 0 Å². The molecule has 2 fully saturated rings. The molecule has 0 spiro atoms. The number of hydrogen-bond acceptors (Lipinski definition) is 9. The number of anilines is 1. The van der Waals surface area contributed by atoms with Crippen molar-refractivity contribution in [2.75, 3.05) is 32.0 Å². The summed E-state index contributed by atoms with van der Waals surface area (Å²) in [5.74, 6) is 1.10. The highest BCUT2D eigenvalue weighted by Crippen LogP contribution is 2.42. The van der Waals surface area contributed by atoms with Crippen molar-refractivity contribution < 1.29 is 18.7 Å². The van der Waals surface area contributed by atoms with Gasteiger partial charge in [-0.3, -0.25) is 4.90 Å². The number of fused-ring (bicyclic) bond motifs is 2. The van der Waals surface area contributed by atoms with Crippen molar-refractivity contribution in [3.05, 3.63) is 30.6 Å². The van der Waals surface area contributed by atoms with E-state index in [4.69, 9.17) is 24.7 Å². The van der Waals surface area contributed by atoms with Crippen LogP contribution in [0, 0.1) is 0 Å². The minimum atomic E-state index is -2.08. The predicted octanol–water partition coefficient (Wildman–Crippen LogP) is 6.23. The lowest BCUT2D eigenvalue weighted by Crippen LogP contribution is -2.50. The molecule has 0 atom stereocenters. The van der Waals surface area contributed by atoms with Gasteiger partial charge in [-0.15, -0.1) is 0 Å². The van der Waals surface area contributed by atoms with Gasteiger partial charge in [0.05, 0.1) is 35.9 Å². The zero-order chi connectivity index (χ0) is 31.6. The van der Waals surface area contributed by atoms with Gasteiger partial charge in [-0.25, -0.2) is 24.0 Å². The van der Waals surface area contributed by atoms with Gasteiger partial charge in [0.1, 0.15) is 29.2 Å². The highest BCUT2D eigenvalue weighted by atomic mass is 28.4. The van der Waals surface area contributed by atoms with E-state index in [1.54, 1.807) is 4.57 Å². The normalized spacial score (nSPS) is 20.2. The highest BCUT2D eigenvalue weighted by molar-refractivity contribution is 6.74. The van der Waals surface area contributed by atoms with Gasteiger partial charge in [-0.2, -0.15) is 5.10 Å². The van der Waals surface area contributed by atoms with E-state index in [1.165, 1.54) is 6.33 Å². The zero-order valence-corrected chi connectivity index (χ0v) is 28.2. The van der Waals surface area contributed by atoms with Crippen molar-refractivity contribution in [2.24, 2.45) is 0 Å². The fraction of sp³-hybridized carbons (Fsp3) is 0.562. The summed E-state index contributed by atoms with van der Waals surface area (Å²) in [5, 5.41) is 6.63. The molecule has 1 aliphatic carbocycles. The molecule has 4 heterocycles. The predicted molar refractivity (Wildman–Crippen MR) is 175 cm³/mol. The SMILES string of the molecule is CC(C)(C)OC(=O)n1c(-c2nn(C3CC(N4CCOCC4)C3)c3ncnc(N)c23)cc2cc(O[Si](C)(C)C(C)(C)C)ccc21. The van der Waals surface area contributed by atoms with E-state index in [0.29, 0.717) is 39.8 Å². The Hall–Kier alpha value is -3.48. The zero-order valence-electron chi connectivity index (χ0n) is 27.2. The Morgan fingerprint density at radius 3 is 2.39 bits per heavy atom. The van der Waals surface area contributed by atoms with Gasteiger partial charge in [0, 0.05) is 24.5 Å². The van der Waals surface area contributed by atoms with Crippen molar-refractivity contribution in [1.82, 2.24) is 29.2 Å². The lowest BCUT2D eigenvalue weighted by molar-refractivity contribution is -0.0157. The molecule has 0 bridgehead atoms. The van der Waals surface area contributed by atoms with Crippen LogP contribution in [0.4, 0.5) is 10.6 Å². The van der Waals surface area contributed by atoms with Crippen LogP contribution in [0.5, 0.6) is 5.75 Å². The summed E-state index contributed by atoms with van der Waals surface area (Å²) in [7, 11) is -2.08. The molecule has 4 aromatic rings. The number of nitrogen functional groups attached to an aromatic ring is 1. The van der Waals surface area contributed by atoms with Crippen LogP contribution in [-0.2, 0) is 9.47 Å². The van der Waals surface area contributed by atoms with Crippen LogP contribution in [0.2, 0.25) is 18.1 Å². The second-order valence-corrected chi connectivity index (χ2v) is 19.3. The Bertz CT molecular complexity index is 1700. The molecular formula is C32H45N7O4Si. The molecule has 1 aliphatic heterocycles. The topological polar surface area (TPSA) is 123 Å². The number of carbonyl (C=O) groups is 1. The summed E-state index contributed by atoms with van der Waals surface area (Å²) in [4.78, 5) is 25.3. The van der Waals surface area contributed by atoms with Gasteiger partial charge in [0.2, 0.25) is 8.32 Å². The number of benzene rings is 1. The molecule has 6 rings (SSSR count). The second-order valence-electron chi connectivity index (χ2n) is 14.6. The maximum absolute atomic E-state index is 13.8. The first kappa shape index (κ1) is 30.5. The molecule has 0 radical (unpaired) electrons. The molecule has 2 N–H and O–H groups in total. The lowest BCUT2D eigenvalue weighted by atomic mass is 9.85. The van der Waals surface area contributed by atoms with E-state index < -0.39 is 20.0 Å². The molecule has 0 amide bonds. The number of carbonyl (C=O) groups excluding carboxylic acids is 1. The van der Waals surface area contributed by atoms with Crippen molar-refractivity contribution >= 4 is 42.2 Å². The number of hydrogen-bond donors (Lipinski definition) is 1. The first-order valence-electron chi connectivity index (χ1n) is 15.5. The number of ether oxygens (including phenoxy) is 2. The number of nitrogens with zero attached hydrogens (tertiary/aromatic N) is 6. The molecule has 44 heavy (non-hydrogen) atoms. The van der Waals surface area contributed by atoms with Gasteiger partial charge in [0.25, 0.3) is 0 Å². The van der Waals surface area contributed by atoms with E-state index in [-0.39, 0.29) is 11.1 Å². The van der Waals surface area contributed by atoms with E-state index in [9.17, 15) is 4.79 Å². The average Bonchev–Trinajstić information content (AvgIpc) is 3.46. The first-order chi connectivity index (χ1) is 20.6. The molecule has 12 heteroatoms. The van der Waals surface area contributed by atoms with Crippen LogP contribution in [0.1, 0.15) is 60.4 Å². The van der Waals surface area contributed by atoms with Crippen LogP contribution < -0.4 is 10.2 Å². The Kier molecular flexibility index (Phi) is 7.53. The number of rotatable bonds is 5. The third-order valence-electron chi connectivity index (χ3n) is 9.29. The number of aromatic nitrogens is 5. The fourth-order valence-corrected chi connectivity index (χ4v) is 6.83. The van der Waals surface area contributed by atoms with E-state index in [2.05, 4.69) is 48.7 Å². The third-order valence-corrected chi connectivity index (χ3v) is 13.6. The van der Waals surface area contributed by atoms with Gasteiger partial charge in [-0.1, -0.05) is 20.8 Å². The number of nitrogens with two attached hydrogens (primary N) is 1. The summed E-state index contributed by atoms with van der Waals surface area (Å²) in [6, 6.07) is 8.46. The van der Waals surface area contributed by atoms with Gasteiger partial charge in [0.15, 0.2) is 5.65 Å². The molecule has 11 nitrogen and oxygen atoms in total. The Morgan fingerprint density at radius 1 is 1.02 bits per heavy atom. The summed E-state index contributed by atoms with van der Waals surface area (Å²) >= 11 is 0. The fourth-order valence-electron chi connectivity index (χ4n) is 5.81. The standard InChI is InChI=1S/C32H45N7O4Si/c1-31(2,3)42-30(40)38-24-10-9-23(43-44(7,8)32(4,5)6)15-20(24)16-25(38)27-26-28(33)34-19-35-29(26)39(36-27)22-17-21(18-22)37-11-13-41-14-12-37/h9-10,15-16,19,21-22H,11-14,17-18H2,1-8H3,(H2,33,34,35). The van der Waals surface area contributed by atoms with Crippen LogP contribution in [0.15, 0.2) is 30.6 Å². The summed E-state index contributed by atoms with van der Waals surface area (Å²) in [5.41, 5.74) is 8.31. The van der Waals surface area contributed by atoms with Crippen LogP contribution in [0.3, 0.4) is 0 Å². The third kappa shape index (κ3) is 5.59. The molecule has 1 saturated carbocycles. The van der Waals surface area contributed by atoms with Crippen molar-refractivity contribution in [2.45, 2.75) is 90.2 Å². The van der Waals surface area contributed by atoms with Crippen LogP contribution in [-0.4, -0.2) is 81.6 Å². The lowest BCUT2D eigenvalue weighted by Gasteiger charge is -2.44. The second kappa shape index (κ2) is 10.8. The molecule has 1 aromatic carbocycles. The van der Waals surface area contributed by atoms with Gasteiger partial charge in [-0.05, 0) is 76.0 Å². The quantitative estimate of drug-likeness (QED) is 0.259. The Labute approximate surface area is 259 Å². The molecule has 2 aliphatic rings. The minimum Gasteiger partial charge on any atom is -0.543 e. The summed E-state index contributed by atoms with van der Waals surface area (Å²) in [6.45, 7) is 20.1. The Morgan fingerprint density at radius 2 is 1.73 bits per heavy atom. The maximum Gasteiger partial charge on any atom is 0.419 e. The van der Waals surface area contributed by atoms with E-state index in [0.717, 1.165) is 50.3 Å². The minimum absolute atomic E-state index is 0.0428. The summed E-state index contributed by atoms with van der Waals surface area (Å²) in [6.07, 6.45) is 2.91. The van der Waals surface area contributed by atoms with Crippen molar-refractivity contribution in [3.63, 3.8) is 0 Å². The smallest absolute Gasteiger partial charge is 0.419 e. The van der Waals surface area contributed by atoms with Gasteiger partial charge < -0.3 is 19.6 Å². The molecule has 1 saturated heterocycles. The van der Waals surface area contributed by atoms with Crippen LogP contribution >= 0.6 is 0 Å². The molecule has 3 aromatic heterocycles. The number of morpholine rings is 1. The van der Waals surface area contributed by atoms with E-state index in [1.807, 2.05) is 49.7 Å². The molecule has 0 unspecified atom stereocenters. The Balaban J connectivity index is 1.45. The molecular weight excluding hydrogens is 574 g/mol. The van der Waals surface area contributed by atoms with Crippen molar-refractivity contribution in [3.8, 4) is 17.1 Å². The first-order valence-corrected chi connectivity index (χ1v) is 18.4. The van der Waals surface area contributed by atoms with Crippen LogP contribution in [0.25, 0.3) is 33.3 Å².